The number of carbonyl (C=O) groups is 2. The van der Waals surface area contributed by atoms with Crippen LogP contribution in [0.15, 0.2) is 84.9 Å². The van der Waals surface area contributed by atoms with Gasteiger partial charge in [-0.25, -0.2) is 0 Å². The molecule has 1 aliphatic carbocycles. The zero-order chi connectivity index (χ0) is 24.5. The summed E-state index contributed by atoms with van der Waals surface area (Å²) in [5.41, 5.74) is 4.35. The number of anilines is 2. The van der Waals surface area contributed by atoms with Crippen molar-refractivity contribution in [1.82, 2.24) is 4.90 Å². The van der Waals surface area contributed by atoms with E-state index in [-0.39, 0.29) is 35.7 Å². The smallest absolute Gasteiger partial charge is 0.228 e. The quantitative estimate of drug-likeness (QED) is 0.469. The van der Waals surface area contributed by atoms with Crippen molar-refractivity contribution in [3.8, 4) is 0 Å². The van der Waals surface area contributed by atoms with Crippen LogP contribution in [0.3, 0.4) is 0 Å². The maximum atomic E-state index is 14.2. The molecular formula is C31H33N3O2. The monoisotopic (exact) mass is 479 g/mol. The number of hydrogen-bond acceptors (Lipinski definition) is 3. The molecule has 1 saturated carbocycles. The summed E-state index contributed by atoms with van der Waals surface area (Å²) in [4.78, 5) is 29.6. The van der Waals surface area contributed by atoms with Crippen molar-refractivity contribution in [2.24, 2.45) is 17.8 Å². The van der Waals surface area contributed by atoms with E-state index in [1.54, 1.807) is 0 Å². The Hall–Kier alpha value is -3.60. The van der Waals surface area contributed by atoms with E-state index < -0.39 is 0 Å². The molecule has 184 valence electrons. The van der Waals surface area contributed by atoms with E-state index in [4.69, 9.17) is 0 Å². The number of nitrogens with one attached hydrogen (secondary N) is 2. The summed E-state index contributed by atoms with van der Waals surface area (Å²) in [5.74, 6) is -0.126. The van der Waals surface area contributed by atoms with E-state index in [0.717, 1.165) is 50.0 Å². The number of likely N-dealkylation sites (tertiary alicyclic amines) is 1. The van der Waals surface area contributed by atoms with Crippen LogP contribution < -0.4 is 10.6 Å². The average Bonchev–Trinajstić information content (AvgIpc) is 3.39. The van der Waals surface area contributed by atoms with Crippen molar-refractivity contribution in [1.29, 1.82) is 0 Å². The van der Waals surface area contributed by atoms with Crippen LogP contribution >= 0.6 is 0 Å². The van der Waals surface area contributed by atoms with Gasteiger partial charge in [0.1, 0.15) is 0 Å². The predicted molar refractivity (Wildman–Crippen MR) is 142 cm³/mol. The molecule has 2 heterocycles. The van der Waals surface area contributed by atoms with Crippen molar-refractivity contribution in [2.45, 2.75) is 44.2 Å². The molecular weight excluding hydrogens is 446 g/mol. The lowest BCUT2D eigenvalue weighted by Crippen LogP contribution is -2.45. The largest absolute Gasteiger partial charge is 0.378 e. The van der Waals surface area contributed by atoms with Gasteiger partial charge in [0, 0.05) is 35.7 Å². The van der Waals surface area contributed by atoms with Crippen LogP contribution in [0.4, 0.5) is 11.4 Å². The Morgan fingerprint density at radius 2 is 1.44 bits per heavy atom. The van der Waals surface area contributed by atoms with E-state index in [0.29, 0.717) is 5.92 Å². The normalized spacial score (nSPS) is 26.9. The average molecular weight is 480 g/mol. The fraction of sp³-hybridized carbons (Fsp3) is 0.355. The molecule has 5 nitrogen and oxygen atoms in total. The minimum atomic E-state index is -0.285. The summed E-state index contributed by atoms with van der Waals surface area (Å²) in [6, 6.07) is 28.7. The fourth-order valence-corrected chi connectivity index (χ4v) is 6.67. The molecule has 4 unspecified atom stereocenters. The molecule has 0 bridgehead atoms. The first-order valence-electron chi connectivity index (χ1n) is 13.3. The molecule has 2 aliphatic heterocycles. The maximum absolute atomic E-state index is 14.2. The highest BCUT2D eigenvalue weighted by Gasteiger charge is 2.49. The second kappa shape index (κ2) is 9.81. The van der Waals surface area contributed by atoms with Crippen LogP contribution in [-0.2, 0) is 9.59 Å². The van der Waals surface area contributed by atoms with Gasteiger partial charge in [-0.05, 0) is 48.6 Å². The van der Waals surface area contributed by atoms with Gasteiger partial charge in [-0.15, -0.1) is 0 Å². The summed E-state index contributed by atoms with van der Waals surface area (Å²) in [5, 5.41) is 6.84. The van der Waals surface area contributed by atoms with Gasteiger partial charge in [0.25, 0.3) is 0 Å². The third-order valence-corrected chi connectivity index (χ3v) is 8.37. The van der Waals surface area contributed by atoms with Crippen molar-refractivity contribution < 1.29 is 9.59 Å². The zero-order valence-electron chi connectivity index (χ0n) is 20.5. The van der Waals surface area contributed by atoms with Gasteiger partial charge in [0.15, 0.2) is 0 Å². The molecule has 5 atom stereocenters. The Morgan fingerprint density at radius 3 is 2.22 bits per heavy atom. The summed E-state index contributed by atoms with van der Waals surface area (Å²) in [7, 11) is 0. The summed E-state index contributed by atoms with van der Waals surface area (Å²) >= 11 is 0. The SMILES string of the molecule is O=C(Nc1ccccc1)C1CCCCC1C(=O)N1CCC2C1c1ccccc1N[C@H]2c1ccccc1. The van der Waals surface area contributed by atoms with Crippen LogP contribution in [0, 0.1) is 17.8 Å². The number of rotatable bonds is 4. The lowest BCUT2D eigenvalue weighted by molar-refractivity contribution is -0.143. The lowest BCUT2D eigenvalue weighted by Gasteiger charge is -2.41. The van der Waals surface area contributed by atoms with E-state index in [9.17, 15) is 9.59 Å². The van der Waals surface area contributed by atoms with Crippen LogP contribution in [-0.4, -0.2) is 23.3 Å². The number of carbonyl (C=O) groups excluding carboxylic acids is 2. The first-order valence-corrected chi connectivity index (χ1v) is 13.3. The number of hydrogen-bond donors (Lipinski definition) is 2. The van der Waals surface area contributed by atoms with Gasteiger partial charge in [-0.3, -0.25) is 9.59 Å². The molecule has 3 aliphatic rings. The van der Waals surface area contributed by atoms with Gasteiger partial charge < -0.3 is 15.5 Å². The van der Waals surface area contributed by atoms with Crippen molar-refractivity contribution in [3.05, 3.63) is 96.1 Å². The molecule has 2 amide bonds. The molecule has 2 N–H and O–H groups in total. The minimum Gasteiger partial charge on any atom is -0.378 e. The Morgan fingerprint density at radius 1 is 0.778 bits per heavy atom. The van der Waals surface area contributed by atoms with Gasteiger partial charge in [0.2, 0.25) is 11.8 Å². The Balaban J connectivity index is 1.29. The highest BCUT2D eigenvalue weighted by Crippen LogP contribution is 2.52. The number of benzene rings is 3. The van der Waals surface area contributed by atoms with Crippen LogP contribution in [0.5, 0.6) is 0 Å². The standard InChI is InChI=1S/C31H33N3O2/c35-30(32-22-13-5-2-6-14-22)23-15-7-8-16-24(23)31(36)34-20-19-26-28(21-11-3-1-4-12-21)33-27-18-10-9-17-25(27)29(26)34/h1-6,9-14,17-18,23-24,26,28-29,33H,7-8,15-16,19-20H2,(H,32,35)/t23?,24?,26?,28-,29?/m0/s1. The van der Waals surface area contributed by atoms with E-state index >= 15 is 0 Å². The summed E-state index contributed by atoms with van der Waals surface area (Å²) in [6.07, 6.45) is 4.48. The third kappa shape index (κ3) is 4.17. The van der Waals surface area contributed by atoms with Crippen LogP contribution in [0.2, 0.25) is 0 Å². The van der Waals surface area contributed by atoms with Crippen molar-refractivity contribution >= 4 is 23.2 Å². The van der Waals surface area contributed by atoms with E-state index in [1.807, 2.05) is 36.4 Å². The topological polar surface area (TPSA) is 61.4 Å². The Kier molecular flexibility index (Phi) is 6.22. The molecule has 0 radical (unpaired) electrons. The summed E-state index contributed by atoms with van der Waals surface area (Å²) in [6.45, 7) is 0.733. The molecule has 2 fully saturated rings. The highest BCUT2D eigenvalue weighted by atomic mass is 16.2. The van der Waals surface area contributed by atoms with Crippen LogP contribution in [0.25, 0.3) is 0 Å². The van der Waals surface area contributed by atoms with Gasteiger partial charge >= 0.3 is 0 Å². The molecule has 5 heteroatoms. The fourth-order valence-electron chi connectivity index (χ4n) is 6.67. The van der Waals surface area contributed by atoms with Crippen molar-refractivity contribution in [2.75, 3.05) is 17.2 Å². The van der Waals surface area contributed by atoms with E-state index in [1.165, 1.54) is 11.1 Å². The molecule has 0 spiro atoms. The zero-order valence-corrected chi connectivity index (χ0v) is 20.5. The van der Waals surface area contributed by atoms with Crippen molar-refractivity contribution in [3.63, 3.8) is 0 Å². The highest BCUT2D eigenvalue weighted by molar-refractivity contribution is 5.96. The minimum absolute atomic E-state index is 0.0251. The van der Waals surface area contributed by atoms with Crippen LogP contribution in [0.1, 0.15) is 55.3 Å². The second-order valence-electron chi connectivity index (χ2n) is 10.4. The summed E-state index contributed by atoms with van der Waals surface area (Å²) < 4.78 is 0. The molecule has 0 aromatic heterocycles. The lowest BCUT2D eigenvalue weighted by atomic mass is 9.76. The molecule has 1 saturated heterocycles. The van der Waals surface area contributed by atoms with E-state index in [2.05, 4.69) is 64.1 Å². The third-order valence-electron chi connectivity index (χ3n) is 8.37. The molecule has 3 aromatic rings. The number of amides is 2. The number of fused-ring (bicyclic) bond motifs is 3. The first-order chi connectivity index (χ1) is 17.7. The Bertz CT molecular complexity index is 1230. The van der Waals surface area contributed by atoms with Gasteiger partial charge in [-0.2, -0.15) is 0 Å². The van der Waals surface area contributed by atoms with Gasteiger partial charge in [0.05, 0.1) is 12.1 Å². The predicted octanol–water partition coefficient (Wildman–Crippen LogP) is 6.19. The molecule has 3 aromatic carbocycles. The van der Waals surface area contributed by atoms with Gasteiger partial charge in [-0.1, -0.05) is 79.6 Å². The second-order valence-corrected chi connectivity index (χ2v) is 10.4. The first kappa shape index (κ1) is 22.8. The number of para-hydroxylation sites is 2. The Labute approximate surface area is 212 Å². The maximum Gasteiger partial charge on any atom is 0.228 e. The molecule has 6 rings (SSSR count). The molecule has 36 heavy (non-hydrogen) atoms. The number of nitrogens with zero attached hydrogens (tertiary/aromatic N) is 1.